The van der Waals surface area contributed by atoms with Crippen LogP contribution in [0.25, 0.3) is 16.3 Å². The minimum absolute atomic E-state index is 0.952. The van der Waals surface area contributed by atoms with Crippen molar-refractivity contribution >= 4 is 16.3 Å². The molecule has 1 N–H and O–H groups in total. The summed E-state index contributed by atoms with van der Waals surface area (Å²) in [6.45, 7) is 6.51. The van der Waals surface area contributed by atoms with Crippen molar-refractivity contribution in [3.63, 3.8) is 0 Å². The first kappa shape index (κ1) is 15.1. The molecule has 22 heavy (non-hydrogen) atoms. The van der Waals surface area contributed by atoms with E-state index in [0.717, 1.165) is 19.5 Å². The molecule has 2 aromatic rings. The molecular formula is C21H25N. The van der Waals surface area contributed by atoms with Gasteiger partial charge >= 0.3 is 0 Å². The summed E-state index contributed by atoms with van der Waals surface area (Å²) in [6, 6.07) is 13.3. The third-order valence-electron chi connectivity index (χ3n) is 4.54. The van der Waals surface area contributed by atoms with Gasteiger partial charge in [0.05, 0.1) is 0 Å². The van der Waals surface area contributed by atoms with E-state index >= 15 is 0 Å². The summed E-state index contributed by atoms with van der Waals surface area (Å²) in [5, 5.41) is 6.35. The predicted molar refractivity (Wildman–Crippen MR) is 96.9 cm³/mol. The van der Waals surface area contributed by atoms with Gasteiger partial charge in [-0.15, -0.1) is 0 Å². The molecule has 0 amide bonds. The van der Waals surface area contributed by atoms with Gasteiger partial charge in [0.15, 0.2) is 0 Å². The van der Waals surface area contributed by atoms with Crippen molar-refractivity contribution in [2.45, 2.75) is 39.7 Å². The van der Waals surface area contributed by atoms with E-state index in [1.807, 2.05) is 0 Å². The lowest BCUT2D eigenvalue weighted by Crippen LogP contribution is -2.16. The number of hydrogen-bond donors (Lipinski definition) is 1. The summed E-state index contributed by atoms with van der Waals surface area (Å²) >= 11 is 0. The second kappa shape index (κ2) is 6.93. The Kier molecular flexibility index (Phi) is 4.74. The van der Waals surface area contributed by atoms with Crippen LogP contribution < -0.4 is 5.32 Å². The number of hydrogen-bond acceptors (Lipinski definition) is 1. The molecule has 1 aliphatic rings. The highest BCUT2D eigenvalue weighted by Crippen LogP contribution is 2.34. The van der Waals surface area contributed by atoms with Crippen molar-refractivity contribution in [3.8, 4) is 0 Å². The van der Waals surface area contributed by atoms with Gasteiger partial charge < -0.3 is 5.32 Å². The average molecular weight is 291 g/mol. The maximum atomic E-state index is 3.63. The first-order valence-corrected chi connectivity index (χ1v) is 8.39. The Morgan fingerprint density at radius 1 is 1.09 bits per heavy atom. The zero-order chi connectivity index (χ0) is 15.4. The Labute approximate surface area is 133 Å². The second-order valence-electron chi connectivity index (χ2n) is 6.11. The lowest BCUT2D eigenvalue weighted by Gasteiger charge is -2.16. The summed E-state index contributed by atoms with van der Waals surface area (Å²) in [6.07, 6.45) is 8.06. The molecule has 0 fully saturated rings. The normalized spacial score (nSPS) is 14.3. The largest absolute Gasteiger partial charge is 0.313 e. The molecular weight excluding hydrogens is 266 g/mol. The highest BCUT2D eigenvalue weighted by atomic mass is 14.8. The molecule has 0 spiro atoms. The number of allylic oxidation sites excluding steroid dienone is 4. The van der Waals surface area contributed by atoms with Gasteiger partial charge in [0, 0.05) is 6.54 Å². The number of unbranched alkanes of at least 4 members (excludes halogenated alkanes) is 1. The first-order valence-electron chi connectivity index (χ1n) is 8.39. The quantitative estimate of drug-likeness (QED) is 0.697. The monoisotopic (exact) mass is 291 g/mol. The van der Waals surface area contributed by atoms with Gasteiger partial charge in [0.25, 0.3) is 0 Å². The van der Waals surface area contributed by atoms with Crippen LogP contribution >= 0.6 is 0 Å². The van der Waals surface area contributed by atoms with Crippen LogP contribution in [0.15, 0.2) is 54.1 Å². The van der Waals surface area contributed by atoms with Crippen molar-refractivity contribution in [3.05, 3.63) is 65.3 Å². The summed E-state index contributed by atoms with van der Waals surface area (Å²) < 4.78 is 0. The lowest BCUT2D eigenvalue weighted by atomic mass is 9.92. The van der Waals surface area contributed by atoms with Crippen molar-refractivity contribution < 1.29 is 0 Å². The van der Waals surface area contributed by atoms with Crippen LogP contribution in [-0.4, -0.2) is 6.54 Å². The third-order valence-corrected chi connectivity index (χ3v) is 4.54. The molecule has 0 radical (unpaired) electrons. The second-order valence-corrected chi connectivity index (χ2v) is 6.11. The molecule has 0 saturated carbocycles. The molecule has 3 rings (SSSR count). The summed E-state index contributed by atoms with van der Waals surface area (Å²) in [4.78, 5) is 0. The number of rotatable bonds is 6. The van der Waals surface area contributed by atoms with Crippen LogP contribution in [0.3, 0.4) is 0 Å². The average Bonchev–Trinajstić information content (AvgIpc) is 2.97. The predicted octanol–water partition coefficient (Wildman–Crippen LogP) is 5.46. The summed E-state index contributed by atoms with van der Waals surface area (Å²) in [5.74, 6) is 0. The highest BCUT2D eigenvalue weighted by Gasteiger charge is 2.14. The molecule has 2 aromatic carbocycles. The molecule has 1 aliphatic carbocycles. The Hall–Kier alpha value is -1.86. The van der Waals surface area contributed by atoms with E-state index in [1.165, 1.54) is 45.9 Å². The molecule has 1 heteroatoms. The smallest absolute Gasteiger partial charge is 0.0217 e. The standard InChI is InChI=1S/C21H25N/c1-3-4-14-22-15-21-19-10-6-5-9-17(19)12-13-20(21)18-11-7-8-16(18)2/h5-10,12-13,22H,3-4,11,14-15H2,1-2H3. The molecule has 0 aliphatic heterocycles. The zero-order valence-corrected chi connectivity index (χ0v) is 13.7. The van der Waals surface area contributed by atoms with Crippen LogP contribution in [0.2, 0.25) is 0 Å². The van der Waals surface area contributed by atoms with Gasteiger partial charge in [-0.1, -0.05) is 61.9 Å². The first-order chi connectivity index (χ1) is 10.8. The summed E-state index contributed by atoms with van der Waals surface area (Å²) in [7, 11) is 0. The number of nitrogens with one attached hydrogen (secondary N) is 1. The molecule has 0 unspecified atom stereocenters. The minimum atomic E-state index is 0.952. The van der Waals surface area contributed by atoms with E-state index in [-0.39, 0.29) is 0 Å². The van der Waals surface area contributed by atoms with Crippen molar-refractivity contribution in [2.75, 3.05) is 6.54 Å². The van der Waals surface area contributed by atoms with Crippen molar-refractivity contribution in [2.24, 2.45) is 0 Å². The molecule has 0 bridgehead atoms. The maximum Gasteiger partial charge on any atom is 0.0217 e. The van der Waals surface area contributed by atoms with Gasteiger partial charge in [-0.05, 0) is 59.4 Å². The maximum absolute atomic E-state index is 3.63. The Bertz CT molecular complexity index is 722. The minimum Gasteiger partial charge on any atom is -0.313 e. The highest BCUT2D eigenvalue weighted by molar-refractivity contribution is 5.91. The van der Waals surface area contributed by atoms with E-state index in [2.05, 4.69) is 67.7 Å². The number of fused-ring (bicyclic) bond motifs is 1. The third kappa shape index (κ3) is 3.00. The topological polar surface area (TPSA) is 12.0 Å². The van der Waals surface area contributed by atoms with Gasteiger partial charge in [0.1, 0.15) is 0 Å². The SMILES string of the molecule is CCCCNCc1c(C2=C(C)C=CC2)ccc2ccccc12. The van der Waals surface area contributed by atoms with Gasteiger partial charge in [-0.3, -0.25) is 0 Å². The molecule has 0 saturated heterocycles. The van der Waals surface area contributed by atoms with Crippen LogP contribution in [0, 0.1) is 0 Å². The Morgan fingerprint density at radius 2 is 1.95 bits per heavy atom. The van der Waals surface area contributed by atoms with Crippen molar-refractivity contribution in [1.29, 1.82) is 0 Å². The molecule has 114 valence electrons. The van der Waals surface area contributed by atoms with Crippen LogP contribution in [-0.2, 0) is 6.54 Å². The molecule has 0 aromatic heterocycles. The summed E-state index contributed by atoms with van der Waals surface area (Å²) in [5.41, 5.74) is 5.76. The zero-order valence-electron chi connectivity index (χ0n) is 13.7. The van der Waals surface area contributed by atoms with E-state index < -0.39 is 0 Å². The van der Waals surface area contributed by atoms with E-state index in [4.69, 9.17) is 0 Å². The Balaban J connectivity index is 2.01. The fraction of sp³-hybridized carbons (Fsp3) is 0.333. The van der Waals surface area contributed by atoms with E-state index in [9.17, 15) is 0 Å². The fourth-order valence-electron chi connectivity index (χ4n) is 3.26. The Morgan fingerprint density at radius 3 is 2.73 bits per heavy atom. The molecule has 1 nitrogen and oxygen atoms in total. The lowest BCUT2D eigenvalue weighted by molar-refractivity contribution is 0.642. The molecule has 0 heterocycles. The van der Waals surface area contributed by atoms with Gasteiger partial charge in [-0.2, -0.15) is 0 Å². The van der Waals surface area contributed by atoms with Crippen LogP contribution in [0.1, 0.15) is 44.2 Å². The van der Waals surface area contributed by atoms with Gasteiger partial charge in [0.2, 0.25) is 0 Å². The van der Waals surface area contributed by atoms with E-state index in [0.29, 0.717) is 0 Å². The van der Waals surface area contributed by atoms with Gasteiger partial charge in [-0.25, -0.2) is 0 Å². The van der Waals surface area contributed by atoms with Crippen molar-refractivity contribution in [1.82, 2.24) is 5.32 Å². The van der Waals surface area contributed by atoms with Crippen LogP contribution in [0.5, 0.6) is 0 Å². The van der Waals surface area contributed by atoms with Crippen LogP contribution in [0.4, 0.5) is 0 Å². The fourth-order valence-corrected chi connectivity index (χ4v) is 3.26. The van der Waals surface area contributed by atoms with E-state index in [1.54, 1.807) is 0 Å². The number of benzene rings is 2. The molecule has 0 atom stereocenters.